The molecule has 1 rings (SSSR count). The lowest BCUT2D eigenvalue weighted by molar-refractivity contribution is 0.0994. The smallest absolute Gasteiger partial charge is 0.269 e. The van der Waals surface area contributed by atoms with Gasteiger partial charge in [0.05, 0.1) is 5.75 Å². The molecule has 0 fully saturated rings. The summed E-state index contributed by atoms with van der Waals surface area (Å²) in [5.41, 5.74) is 5.06. The summed E-state index contributed by atoms with van der Waals surface area (Å²) in [5, 5.41) is 10.1. The first kappa shape index (κ1) is 13.4. The number of rotatable bonds is 6. The second-order valence-electron chi connectivity index (χ2n) is 3.33. The number of nitrogens with zero attached hydrogens (tertiary/aromatic N) is 2. The van der Waals surface area contributed by atoms with E-state index < -0.39 is 15.7 Å². The Kier molecular flexibility index (Phi) is 4.38. The van der Waals surface area contributed by atoms with Crippen molar-refractivity contribution in [1.29, 1.82) is 0 Å². The normalized spacial score (nSPS) is 11.1. The average molecular weight is 258 g/mol. The first-order chi connectivity index (χ1) is 7.94. The zero-order chi connectivity index (χ0) is 12.9. The first-order valence-corrected chi connectivity index (χ1v) is 6.84. The van der Waals surface area contributed by atoms with Gasteiger partial charge in [-0.1, -0.05) is 6.92 Å². The van der Waals surface area contributed by atoms with E-state index in [0.717, 1.165) is 0 Å². The number of aromatic nitrogens is 2. The molecule has 8 heteroatoms. The van der Waals surface area contributed by atoms with E-state index in [0.29, 0.717) is 5.82 Å². The molecule has 0 aromatic carbocycles. The molecular weight excluding hydrogens is 244 g/mol. The Balaban J connectivity index is 2.51. The number of carbonyl (C=O) groups is 1. The first-order valence-electron chi connectivity index (χ1n) is 5.02. The van der Waals surface area contributed by atoms with Gasteiger partial charge >= 0.3 is 0 Å². The molecule has 0 saturated heterocycles. The predicted molar refractivity (Wildman–Crippen MR) is 63.4 cm³/mol. The van der Waals surface area contributed by atoms with Crippen molar-refractivity contribution < 1.29 is 13.2 Å². The highest BCUT2D eigenvalue weighted by Gasteiger charge is 2.07. The van der Waals surface area contributed by atoms with Crippen LogP contribution in [0.25, 0.3) is 0 Å². The number of anilines is 1. The lowest BCUT2D eigenvalue weighted by Gasteiger charge is -2.04. The van der Waals surface area contributed by atoms with Gasteiger partial charge in [0.25, 0.3) is 5.91 Å². The Hall–Kier alpha value is -1.70. The molecule has 17 heavy (non-hydrogen) atoms. The summed E-state index contributed by atoms with van der Waals surface area (Å²) < 4.78 is 22.4. The van der Waals surface area contributed by atoms with Gasteiger partial charge in [-0.25, -0.2) is 8.42 Å². The molecule has 0 unspecified atom stereocenters. The molecule has 3 N–H and O–H groups in total. The van der Waals surface area contributed by atoms with Crippen LogP contribution in [0.1, 0.15) is 17.4 Å². The molecule has 0 radical (unpaired) electrons. The summed E-state index contributed by atoms with van der Waals surface area (Å²) in [6.07, 6.45) is 0. The van der Waals surface area contributed by atoms with Crippen molar-refractivity contribution in [2.24, 2.45) is 5.73 Å². The standard InChI is InChI=1S/C9H14N4O3S/c1-2-17(15,16)6-5-11-8-4-3-7(9(10)14)12-13-8/h3-4H,2,5-6H2,1H3,(H2,10,14)(H,11,13). The van der Waals surface area contributed by atoms with Crippen molar-refractivity contribution in [3.8, 4) is 0 Å². The van der Waals surface area contributed by atoms with Crippen LogP contribution >= 0.6 is 0 Å². The van der Waals surface area contributed by atoms with E-state index >= 15 is 0 Å². The average Bonchev–Trinajstić information content (AvgIpc) is 2.29. The fourth-order valence-electron chi connectivity index (χ4n) is 1.04. The highest BCUT2D eigenvalue weighted by molar-refractivity contribution is 7.91. The number of sulfone groups is 1. The van der Waals surface area contributed by atoms with Crippen molar-refractivity contribution in [2.75, 3.05) is 23.4 Å². The third kappa shape index (κ3) is 4.35. The Bertz CT molecular complexity index is 483. The minimum absolute atomic E-state index is 0.0305. The number of hydrogen-bond donors (Lipinski definition) is 2. The summed E-state index contributed by atoms with van der Waals surface area (Å²) in [4.78, 5) is 10.7. The van der Waals surface area contributed by atoms with Crippen molar-refractivity contribution in [1.82, 2.24) is 10.2 Å². The quantitative estimate of drug-likeness (QED) is 0.705. The monoisotopic (exact) mass is 258 g/mol. The van der Waals surface area contributed by atoms with Gasteiger partial charge in [0.1, 0.15) is 5.82 Å². The summed E-state index contributed by atoms with van der Waals surface area (Å²) in [5.74, 6) is -0.108. The van der Waals surface area contributed by atoms with Gasteiger partial charge < -0.3 is 11.1 Å². The Labute approximate surface area is 99.3 Å². The van der Waals surface area contributed by atoms with Crippen LogP contribution in [-0.4, -0.2) is 42.6 Å². The van der Waals surface area contributed by atoms with Gasteiger partial charge in [0, 0.05) is 12.3 Å². The van der Waals surface area contributed by atoms with Crippen LogP contribution in [0.4, 0.5) is 5.82 Å². The van der Waals surface area contributed by atoms with Gasteiger partial charge in [-0.05, 0) is 12.1 Å². The minimum Gasteiger partial charge on any atom is -0.368 e. The van der Waals surface area contributed by atoms with Crippen molar-refractivity contribution in [3.05, 3.63) is 17.8 Å². The van der Waals surface area contributed by atoms with Crippen molar-refractivity contribution in [2.45, 2.75) is 6.92 Å². The zero-order valence-corrected chi connectivity index (χ0v) is 10.2. The Morgan fingerprint density at radius 3 is 2.59 bits per heavy atom. The number of amides is 1. The van der Waals surface area contributed by atoms with Crippen molar-refractivity contribution >= 4 is 21.6 Å². The Morgan fingerprint density at radius 2 is 2.12 bits per heavy atom. The van der Waals surface area contributed by atoms with E-state index in [9.17, 15) is 13.2 Å². The van der Waals surface area contributed by atoms with E-state index in [2.05, 4.69) is 15.5 Å². The van der Waals surface area contributed by atoms with Crippen LogP contribution in [0, 0.1) is 0 Å². The summed E-state index contributed by atoms with van der Waals surface area (Å²) in [6, 6.07) is 2.94. The zero-order valence-electron chi connectivity index (χ0n) is 9.38. The van der Waals surface area contributed by atoms with Crippen LogP contribution in [0.2, 0.25) is 0 Å². The maximum absolute atomic E-state index is 11.2. The molecule has 1 aromatic heterocycles. The van der Waals surface area contributed by atoms with E-state index in [1.54, 1.807) is 6.92 Å². The lowest BCUT2D eigenvalue weighted by Crippen LogP contribution is -2.18. The third-order valence-corrected chi connectivity index (χ3v) is 3.78. The second kappa shape index (κ2) is 5.58. The molecule has 94 valence electrons. The molecule has 1 heterocycles. The molecule has 0 bridgehead atoms. The van der Waals surface area contributed by atoms with Gasteiger partial charge in [0.2, 0.25) is 0 Å². The summed E-state index contributed by atoms with van der Waals surface area (Å²) >= 11 is 0. The number of primary amides is 1. The van der Waals surface area contributed by atoms with Gasteiger partial charge in [-0.2, -0.15) is 0 Å². The fraction of sp³-hybridized carbons (Fsp3) is 0.444. The summed E-state index contributed by atoms with van der Waals surface area (Å²) in [7, 11) is -3.00. The predicted octanol–water partition coefficient (Wildman–Crippen LogP) is -0.578. The molecular formula is C9H14N4O3S. The molecule has 7 nitrogen and oxygen atoms in total. The minimum atomic E-state index is -3.00. The van der Waals surface area contributed by atoms with E-state index in [1.807, 2.05) is 0 Å². The molecule has 0 saturated carbocycles. The highest BCUT2D eigenvalue weighted by Crippen LogP contribution is 2.01. The van der Waals surface area contributed by atoms with Gasteiger partial charge in [-0.3, -0.25) is 4.79 Å². The van der Waals surface area contributed by atoms with Gasteiger partial charge in [-0.15, -0.1) is 10.2 Å². The SMILES string of the molecule is CCS(=O)(=O)CCNc1ccc(C(N)=O)nn1. The lowest BCUT2D eigenvalue weighted by atomic mass is 10.4. The molecule has 0 spiro atoms. The van der Waals surface area contributed by atoms with Crippen LogP contribution < -0.4 is 11.1 Å². The third-order valence-electron chi connectivity index (χ3n) is 2.08. The van der Waals surface area contributed by atoms with Crippen LogP contribution in [0.5, 0.6) is 0 Å². The Morgan fingerprint density at radius 1 is 1.41 bits per heavy atom. The topological polar surface area (TPSA) is 115 Å². The van der Waals surface area contributed by atoms with Crippen LogP contribution in [0.3, 0.4) is 0 Å². The number of hydrogen-bond acceptors (Lipinski definition) is 6. The summed E-state index contributed by atoms with van der Waals surface area (Å²) in [6.45, 7) is 1.84. The maximum Gasteiger partial charge on any atom is 0.269 e. The number of carbonyl (C=O) groups excluding carboxylic acids is 1. The molecule has 0 aliphatic heterocycles. The van der Waals surface area contributed by atoms with Crippen molar-refractivity contribution in [3.63, 3.8) is 0 Å². The van der Waals surface area contributed by atoms with Crippen LogP contribution in [0.15, 0.2) is 12.1 Å². The largest absolute Gasteiger partial charge is 0.368 e. The molecule has 0 aliphatic carbocycles. The number of nitrogens with two attached hydrogens (primary N) is 1. The van der Waals surface area contributed by atoms with Gasteiger partial charge in [0.15, 0.2) is 15.5 Å². The van der Waals surface area contributed by atoms with E-state index in [4.69, 9.17) is 5.73 Å². The molecule has 0 atom stereocenters. The fourth-order valence-corrected chi connectivity index (χ4v) is 1.74. The second-order valence-corrected chi connectivity index (χ2v) is 5.80. The van der Waals surface area contributed by atoms with Crippen LogP contribution in [-0.2, 0) is 9.84 Å². The van der Waals surface area contributed by atoms with E-state index in [-0.39, 0.29) is 23.7 Å². The maximum atomic E-state index is 11.2. The number of nitrogens with one attached hydrogen (secondary N) is 1. The molecule has 0 aliphatic rings. The molecule has 1 amide bonds. The van der Waals surface area contributed by atoms with E-state index in [1.165, 1.54) is 12.1 Å². The highest BCUT2D eigenvalue weighted by atomic mass is 32.2. The molecule has 1 aromatic rings.